The predicted octanol–water partition coefficient (Wildman–Crippen LogP) is 2.11. The zero-order valence-corrected chi connectivity index (χ0v) is 8.17. The molecule has 4 nitrogen and oxygen atoms in total. The van der Waals surface area contributed by atoms with E-state index in [1.165, 1.54) is 17.1 Å². The van der Waals surface area contributed by atoms with Crippen LogP contribution in [0.2, 0.25) is 10.0 Å². The second-order valence-electron chi connectivity index (χ2n) is 2.41. The summed E-state index contributed by atoms with van der Waals surface area (Å²) in [6.07, 6.45) is 3.16. The number of hydrogen-bond acceptors (Lipinski definition) is 3. The molecule has 0 radical (unpaired) electrons. The summed E-state index contributed by atoms with van der Waals surface area (Å²) >= 11 is 11.4. The van der Waals surface area contributed by atoms with Gasteiger partial charge in [0.05, 0.1) is 23.6 Å². The van der Waals surface area contributed by atoms with Gasteiger partial charge in [-0.3, -0.25) is 0 Å². The fraction of sp³-hybridized carbons (Fsp3) is 0. The van der Waals surface area contributed by atoms with E-state index in [1.54, 1.807) is 0 Å². The van der Waals surface area contributed by atoms with Gasteiger partial charge in [-0.05, 0) is 0 Å². The van der Waals surface area contributed by atoms with Crippen LogP contribution in [-0.2, 0) is 0 Å². The number of aromatic nitrogens is 4. The zero-order valence-electron chi connectivity index (χ0n) is 6.65. The van der Waals surface area contributed by atoms with Gasteiger partial charge in [0.2, 0.25) is 0 Å². The Morgan fingerprint density at radius 3 is 2.71 bits per heavy atom. The normalized spacial score (nSPS) is 10.5. The van der Waals surface area contributed by atoms with Crippen molar-refractivity contribution in [2.24, 2.45) is 0 Å². The number of halogens is 3. The molecule has 0 unspecified atom stereocenters. The van der Waals surface area contributed by atoms with Crippen LogP contribution in [0.1, 0.15) is 0 Å². The minimum absolute atomic E-state index is 0.158. The van der Waals surface area contributed by atoms with Crippen LogP contribution in [0.5, 0.6) is 0 Å². The van der Waals surface area contributed by atoms with Crippen molar-refractivity contribution >= 4 is 23.2 Å². The van der Waals surface area contributed by atoms with E-state index >= 15 is 0 Å². The minimum atomic E-state index is -0.865. The SMILES string of the molecule is Fc1ncc(Cl)c(-n2cc(Cl)cn2)n1. The van der Waals surface area contributed by atoms with Gasteiger partial charge in [0.15, 0.2) is 5.82 Å². The molecule has 0 amide bonds. The second kappa shape index (κ2) is 3.51. The zero-order chi connectivity index (χ0) is 10.1. The van der Waals surface area contributed by atoms with Crippen molar-refractivity contribution in [3.8, 4) is 5.82 Å². The summed E-state index contributed by atoms with van der Waals surface area (Å²) in [6, 6.07) is 0. The Kier molecular flexibility index (Phi) is 2.35. The monoisotopic (exact) mass is 232 g/mol. The van der Waals surface area contributed by atoms with Crippen LogP contribution in [0.15, 0.2) is 18.6 Å². The van der Waals surface area contributed by atoms with Crippen LogP contribution in [0.3, 0.4) is 0 Å². The van der Waals surface area contributed by atoms with Gasteiger partial charge in [0.1, 0.15) is 5.02 Å². The molecule has 0 saturated carbocycles. The molecule has 0 aliphatic carbocycles. The number of hydrogen-bond donors (Lipinski definition) is 0. The van der Waals surface area contributed by atoms with E-state index in [1.807, 2.05) is 0 Å². The van der Waals surface area contributed by atoms with E-state index in [2.05, 4.69) is 15.1 Å². The number of nitrogens with zero attached hydrogens (tertiary/aromatic N) is 4. The van der Waals surface area contributed by atoms with Gasteiger partial charge in [-0.2, -0.15) is 14.5 Å². The molecule has 0 atom stereocenters. The molecule has 0 spiro atoms. The van der Waals surface area contributed by atoms with E-state index in [-0.39, 0.29) is 10.8 Å². The largest absolute Gasteiger partial charge is 0.310 e. The molecule has 72 valence electrons. The Morgan fingerprint density at radius 1 is 1.29 bits per heavy atom. The highest BCUT2D eigenvalue weighted by Gasteiger charge is 2.08. The third-order valence-corrected chi connectivity index (χ3v) is 1.93. The molecular formula is C7H3Cl2FN4. The number of rotatable bonds is 1. The average Bonchev–Trinajstić information content (AvgIpc) is 2.56. The van der Waals surface area contributed by atoms with Gasteiger partial charge in [-0.1, -0.05) is 23.2 Å². The van der Waals surface area contributed by atoms with E-state index in [0.29, 0.717) is 5.02 Å². The lowest BCUT2D eigenvalue weighted by Crippen LogP contribution is -2.02. The summed E-state index contributed by atoms with van der Waals surface area (Å²) in [5.74, 6) is 0.158. The third kappa shape index (κ3) is 1.69. The first kappa shape index (κ1) is 9.36. The molecule has 0 aliphatic rings. The molecule has 0 N–H and O–H groups in total. The summed E-state index contributed by atoms with van der Waals surface area (Å²) in [5, 5.41) is 4.45. The molecule has 14 heavy (non-hydrogen) atoms. The van der Waals surface area contributed by atoms with Crippen molar-refractivity contribution in [3.05, 3.63) is 34.7 Å². The van der Waals surface area contributed by atoms with Gasteiger partial charge in [0, 0.05) is 0 Å². The van der Waals surface area contributed by atoms with Crippen LogP contribution in [0.25, 0.3) is 5.82 Å². The first-order chi connectivity index (χ1) is 6.66. The van der Waals surface area contributed by atoms with Crippen molar-refractivity contribution in [2.75, 3.05) is 0 Å². The maximum absolute atomic E-state index is 12.7. The Bertz CT molecular complexity index is 470. The maximum atomic E-state index is 12.7. The Labute approximate surface area is 88.3 Å². The molecule has 0 aliphatic heterocycles. The van der Waals surface area contributed by atoms with Gasteiger partial charge in [-0.25, -0.2) is 9.67 Å². The van der Waals surface area contributed by atoms with Crippen LogP contribution in [0.4, 0.5) is 4.39 Å². The average molecular weight is 233 g/mol. The third-order valence-electron chi connectivity index (χ3n) is 1.46. The first-order valence-corrected chi connectivity index (χ1v) is 4.31. The van der Waals surface area contributed by atoms with Crippen molar-refractivity contribution in [3.63, 3.8) is 0 Å². The van der Waals surface area contributed by atoms with E-state index in [0.717, 1.165) is 6.20 Å². The molecule has 2 aromatic heterocycles. The smallest absolute Gasteiger partial charge is 0.219 e. The maximum Gasteiger partial charge on any atom is 0.310 e. The van der Waals surface area contributed by atoms with Gasteiger partial charge in [0.25, 0.3) is 0 Å². The molecule has 2 aromatic rings. The van der Waals surface area contributed by atoms with Crippen molar-refractivity contribution in [1.29, 1.82) is 0 Å². The lowest BCUT2D eigenvalue weighted by atomic mass is 10.6. The molecule has 0 fully saturated rings. The summed E-state index contributed by atoms with van der Waals surface area (Å²) in [6.45, 7) is 0. The summed E-state index contributed by atoms with van der Waals surface area (Å²) in [7, 11) is 0. The fourth-order valence-corrected chi connectivity index (χ4v) is 1.23. The lowest BCUT2D eigenvalue weighted by molar-refractivity contribution is 0.533. The lowest BCUT2D eigenvalue weighted by Gasteiger charge is -2.00. The Hall–Kier alpha value is -1.20. The molecule has 2 rings (SSSR count). The summed E-state index contributed by atoms with van der Waals surface area (Å²) in [4.78, 5) is 6.78. The fourth-order valence-electron chi connectivity index (χ4n) is 0.915. The predicted molar refractivity (Wildman–Crippen MR) is 49.1 cm³/mol. The summed E-state index contributed by atoms with van der Waals surface area (Å²) < 4.78 is 14.0. The van der Waals surface area contributed by atoms with Crippen molar-refractivity contribution in [2.45, 2.75) is 0 Å². The van der Waals surface area contributed by atoms with E-state index < -0.39 is 6.08 Å². The van der Waals surface area contributed by atoms with Gasteiger partial charge >= 0.3 is 6.08 Å². The van der Waals surface area contributed by atoms with Crippen LogP contribution in [0, 0.1) is 6.08 Å². The van der Waals surface area contributed by atoms with Crippen LogP contribution in [-0.4, -0.2) is 19.7 Å². The molecule has 7 heteroatoms. The van der Waals surface area contributed by atoms with Crippen LogP contribution >= 0.6 is 23.2 Å². The summed E-state index contributed by atoms with van der Waals surface area (Å²) in [5.41, 5.74) is 0. The first-order valence-electron chi connectivity index (χ1n) is 3.55. The quantitative estimate of drug-likeness (QED) is 0.708. The van der Waals surface area contributed by atoms with E-state index in [4.69, 9.17) is 23.2 Å². The van der Waals surface area contributed by atoms with Crippen LogP contribution < -0.4 is 0 Å². The topological polar surface area (TPSA) is 43.6 Å². The highest BCUT2D eigenvalue weighted by atomic mass is 35.5. The molecule has 0 bridgehead atoms. The minimum Gasteiger partial charge on any atom is -0.219 e. The molecule has 2 heterocycles. The second-order valence-corrected chi connectivity index (χ2v) is 3.26. The van der Waals surface area contributed by atoms with Crippen molar-refractivity contribution < 1.29 is 4.39 Å². The highest BCUT2D eigenvalue weighted by Crippen LogP contribution is 2.17. The van der Waals surface area contributed by atoms with Gasteiger partial charge < -0.3 is 0 Å². The van der Waals surface area contributed by atoms with Gasteiger partial charge in [-0.15, -0.1) is 0 Å². The Morgan fingerprint density at radius 2 is 2.07 bits per heavy atom. The molecule has 0 saturated heterocycles. The molecular weight excluding hydrogens is 230 g/mol. The van der Waals surface area contributed by atoms with Crippen molar-refractivity contribution in [1.82, 2.24) is 19.7 Å². The van der Waals surface area contributed by atoms with E-state index in [9.17, 15) is 4.39 Å². The highest BCUT2D eigenvalue weighted by molar-refractivity contribution is 6.32. The molecule has 0 aromatic carbocycles. The Balaban J connectivity index is 2.55. The standard InChI is InChI=1S/C7H3Cl2FN4/c8-4-1-12-14(3-4)6-5(9)2-11-7(10)13-6/h1-3H.